The summed E-state index contributed by atoms with van der Waals surface area (Å²) in [6.07, 6.45) is 0.761. The van der Waals surface area contributed by atoms with E-state index in [9.17, 15) is 13.2 Å². The molecule has 26 heavy (non-hydrogen) atoms. The molecule has 2 aromatic heterocycles. The molecule has 0 aliphatic carbocycles. The standard InChI is InChI=1S/C19H19F3N4/c20-19(21,22)17-5-2-1-4-16(17)14-7-10-25(11-8-14)12-15-13-26-18(24-15)6-3-9-23-26/h1-6,9,13-14H,7-8,10-12H2. The summed E-state index contributed by atoms with van der Waals surface area (Å²) < 4.78 is 41.5. The number of imidazole rings is 1. The highest BCUT2D eigenvalue weighted by atomic mass is 19.4. The summed E-state index contributed by atoms with van der Waals surface area (Å²) in [5.74, 6) is -0.0492. The Kier molecular flexibility index (Phi) is 4.40. The number of benzene rings is 1. The lowest BCUT2D eigenvalue weighted by atomic mass is 9.86. The van der Waals surface area contributed by atoms with E-state index in [-0.39, 0.29) is 5.92 Å². The van der Waals surface area contributed by atoms with E-state index in [0.717, 1.165) is 37.3 Å². The van der Waals surface area contributed by atoms with Crippen molar-refractivity contribution in [2.75, 3.05) is 13.1 Å². The lowest BCUT2D eigenvalue weighted by Crippen LogP contribution is -2.33. The van der Waals surface area contributed by atoms with Crippen LogP contribution in [0.25, 0.3) is 5.65 Å². The maximum absolute atomic E-state index is 13.2. The quantitative estimate of drug-likeness (QED) is 0.704. The predicted octanol–water partition coefficient (Wildman–Crippen LogP) is 4.13. The van der Waals surface area contributed by atoms with Gasteiger partial charge < -0.3 is 0 Å². The second kappa shape index (κ2) is 6.72. The van der Waals surface area contributed by atoms with E-state index >= 15 is 0 Å². The smallest absolute Gasteiger partial charge is 0.297 e. The number of piperidine rings is 1. The molecule has 0 saturated carbocycles. The molecule has 1 saturated heterocycles. The number of rotatable bonds is 3. The van der Waals surface area contributed by atoms with E-state index in [2.05, 4.69) is 15.0 Å². The maximum atomic E-state index is 13.2. The minimum Gasteiger partial charge on any atom is -0.297 e. The lowest BCUT2D eigenvalue weighted by Gasteiger charge is -2.32. The van der Waals surface area contributed by atoms with Gasteiger partial charge in [0.15, 0.2) is 5.65 Å². The van der Waals surface area contributed by atoms with Crippen molar-refractivity contribution in [2.45, 2.75) is 31.5 Å². The molecule has 0 atom stereocenters. The monoisotopic (exact) mass is 360 g/mol. The second-order valence-electron chi connectivity index (χ2n) is 6.69. The lowest BCUT2D eigenvalue weighted by molar-refractivity contribution is -0.138. The summed E-state index contributed by atoms with van der Waals surface area (Å²) in [5, 5.41) is 4.21. The fourth-order valence-electron chi connectivity index (χ4n) is 3.70. The molecule has 136 valence electrons. The number of alkyl halides is 3. The highest BCUT2D eigenvalue weighted by Crippen LogP contribution is 2.38. The van der Waals surface area contributed by atoms with E-state index in [1.165, 1.54) is 12.1 Å². The number of aromatic nitrogens is 3. The van der Waals surface area contributed by atoms with Crippen molar-refractivity contribution < 1.29 is 13.2 Å². The van der Waals surface area contributed by atoms with Crippen molar-refractivity contribution in [2.24, 2.45) is 0 Å². The van der Waals surface area contributed by atoms with Gasteiger partial charge in [-0.3, -0.25) is 4.90 Å². The van der Waals surface area contributed by atoms with Gasteiger partial charge in [0.1, 0.15) is 0 Å². The Morgan fingerprint density at radius 1 is 1.04 bits per heavy atom. The molecule has 0 spiro atoms. The first kappa shape index (κ1) is 17.0. The Hall–Kier alpha value is -2.41. The molecule has 0 N–H and O–H groups in total. The van der Waals surface area contributed by atoms with E-state index in [4.69, 9.17) is 0 Å². The van der Waals surface area contributed by atoms with Crippen LogP contribution in [0.5, 0.6) is 0 Å². The van der Waals surface area contributed by atoms with Gasteiger partial charge in [0, 0.05) is 12.7 Å². The Bertz CT molecular complexity index is 862. The molecule has 1 aliphatic rings. The zero-order valence-electron chi connectivity index (χ0n) is 14.2. The third-order valence-electron chi connectivity index (χ3n) is 4.97. The normalized spacial score (nSPS) is 17.0. The number of hydrogen-bond donors (Lipinski definition) is 0. The molecule has 0 unspecified atom stereocenters. The van der Waals surface area contributed by atoms with Gasteiger partial charge in [-0.1, -0.05) is 18.2 Å². The number of nitrogens with zero attached hydrogens (tertiary/aromatic N) is 4. The summed E-state index contributed by atoms with van der Waals surface area (Å²) in [5.41, 5.74) is 1.66. The number of fused-ring (bicyclic) bond motifs is 1. The summed E-state index contributed by atoms with van der Waals surface area (Å²) in [6.45, 7) is 2.22. The average Bonchev–Trinajstić information content (AvgIpc) is 3.04. The van der Waals surface area contributed by atoms with Crippen molar-refractivity contribution in [1.29, 1.82) is 0 Å². The first-order valence-corrected chi connectivity index (χ1v) is 8.68. The average molecular weight is 360 g/mol. The van der Waals surface area contributed by atoms with Gasteiger partial charge in [-0.05, 0) is 55.6 Å². The molecular formula is C19H19F3N4. The minimum absolute atomic E-state index is 0.0492. The first-order valence-electron chi connectivity index (χ1n) is 8.68. The Morgan fingerprint density at radius 3 is 2.54 bits per heavy atom. The summed E-state index contributed by atoms with van der Waals surface area (Å²) in [6, 6.07) is 9.70. The van der Waals surface area contributed by atoms with Crippen LogP contribution in [0.15, 0.2) is 48.8 Å². The Morgan fingerprint density at radius 2 is 1.81 bits per heavy atom. The molecule has 1 aliphatic heterocycles. The molecule has 4 rings (SSSR count). The van der Waals surface area contributed by atoms with Crippen LogP contribution >= 0.6 is 0 Å². The van der Waals surface area contributed by atoms with Crippen LogP contribution in [-0.2, 0) is 12.7 Å². The highest BCUT2D eigenvalue weighted by molar-refractivity contribution is 5.37. The van der Waals surface area contributed by atoms with Gasteiger partial charge in [0.2, 0.25) is 0 Å². The van der Waals surface area contributed by atoms with E-state index in [1.807, 2.05) is 18.3 Å². The second-order valence-corrected chi connectivity index (χ2v) is 6.69. The maximum Gasteiger partial charge on any atom is 0.416 e. The summed E-state index contributed by atoms with van der Waals surface area (Å²) in [7, 11) is 0. The summed E-state index contributed by atoms with van der Waals surface area (Å²) in [4.78, 5) is 6.78. The summed E-state index contributed by atoms with van der Waals surface area (Å²) >= 11 is 0. The Labute approximate surface area is 149 Å². The van der Waals surface area contributed by atoms with Crippen molar-refractivity contribution in [1.82, 2.24) is 19.5 Å². The van der Waals surface area contributed by atoms with Gasteiger partial charge in [0.05, 0.1) is 17.5 Å². The molecule has 1 aromatic carbocycles. The minimum atomic E-state index is -4.29. The van der Waals surface area contributed by atoms with E-state index < -0.39 is 11.7 Å². The van der Waals surface area contributed by atoms with Crippen LogP contribution in [0, 0.1) is 0 Å². The van der Waals surface area contributed by atoms with Crippen LogP contribution in [0.1, 0.15) is 35.6 Å². The van der Waals surface area contributed by atoms with Crippen molar-refractivity contribution in [3.63, 3.8) is 0 Å². The zero-order valence-corrected chi connectivity index (χ0v) is 14.2. The number of likely N-dealkylation sites (tertiary alicyclic amines) is 1. The van der Waals surface area contributed by atoms with Crippen LogP contribution in [0.2, 0.25) is 0 Å². The number of hydrogen-bond acceptors (Lipinski definition) is 3. The molecular weight excluding hydrogens is 341 g/mol. The van der Waals surface area contributed by atoms with Crippen molar-refractivity contribution >= 4 is 5.65 Å². The third-order valence-corrected chi connectivity index (χ3v) is 4.97. The molecule has 0 amide bonds. The van der Waals surface area contributed by atoms with Gasteiger partial charge in [-0.2, -0.15) is 18.3 Å². The fraction of sp³-hybridized carbons (Fsp3) is 0.368. The van der Waals surface area contributed by atoms with Crippen LogP contribution < -0.4 is 0 Å². The Balaban J connectivity index is 1.43. The zero-order chi connectivity index (χ0) is 18.1. The first-order chi connectivity index (χ1) is 12.5. The SMILES string of the molecule is FC(F)(F)c1ccccc1C1CCN(Cc2cn3ncccc3n2)CC1. The molecule has 4 nitrogen and oxygen atoms in total. The van der Waals surface area contributed by atoms with Crippen LogP contribution in [0.4, 0.5) is 13.2 Å². The van der Waals surface area contributed by atoms with Crippen LogP contribution in [-0.4, -0.2) is 32.6 Å². The van der Waals surface area contributed by atoms with Crippen molar-refractivity contribution in [3.05, 3.63) is 65.6 Å². The highest BCUT2D eigenvalue weighted by Gasteiger charge is 2.35. The largest absolute Gasteiger partial charge is 0.416 e. The van der Waals surface area contributed by atoms with Crippen molar-refractivity contribution in [3.8, 4) is 0 Å². The molecule has 1 fully saturated rings. The van der Waals surface area contributed by atoms with Gasteiger partial charge >= 0.3 is 6.18 Å². The molecule has 3 aromatic rings. The van der Waals surface area contributed by atoms with E-state index in [0.29, 0.717) is 12.1 Å². The number of halogens is 3. The van der Waals surface area contributed by atoms with Gasteiger partial charge in [-0.25, -0.2) is 9.50 Å². The topological polar surface area (TPSA) is 33.4 Å². The molecule has 3 heterocycles. The molecule has 0 radical (unpaired) electrons. The fourth-order valence-corrected chi connectivity index (χ4v) is 3.70. The van der Waals surface area contributed by atoms with Crippen LogP contribution in [0.3, 0.4) is 0 Å². The molecule has 0 bridgehead atoms. The van der Waals surface area contributed by atoms with Gasteiger partial charge in [0.25, 0.3) is 0 Å². The molecule has 7 heteroatoms. The third kappa shape index (κ3) is 3.44. The van der Waals surface area contributed by atoms with E-state index in [1.54, 1.807) is 22.8 Å². The van der Waals surface area contributed by atoms with Gasteiger partial charge in [-0.15, -0.1) is 0 Å². The predicted molar refractivity (Wildman–Crippen MR) is 91.7 cm³/mol.